The van der Waals surface area contributed by atoms with Crippen LogP contribution in [-0.2, 0) is 18.3 Å². The lowest BCUT2D eigenvalue weighted by atomic mass is 9.98. The number of hydrogen-bond donors (Lipinski definition) is 2. The zero-order chi connectivity index (χ0) is 28.3. The van der Waals surface area contributed by atoms with Crippen LogP contribution in [0.15, 0.2) is 79.3 Å². The van der Waals surface area contributed by atoms with Crippen molar-refractivity contribution in [2.45, 2.75) is 25.7 Å². The topological polar surface area (TPSA) is 105 Å². The average molecular weight is 549 g/mol. The van der Waals surface area contributed by atoms with Crippen molar-refractivity contribution < 1.29 is 9.72 Å². The third-order valence-electron chi connectivity index (χ3n) is 7.77. The van der Waals surface area contributed by atoms with Gasteiger partial charge in [-0.1, -0.05) is 42.8 Å². The Labute approximate surface area is 238 Å². The smallest absolute Gasteiger partial charge is 0.270 e. The highest BCUT2D eigenvalue weighted by molar-refractivity contribution is 6.37. The summed E-state index contributed by atoms with van der Waals surface area (Å²) in [6.45, 7) is 3.36. The van der Waals surface area contributed by atoms with Gasteiger partial charge in [0, 0.05) is 54.4 Å². The third kappa shape index (κ3) is 5.76. The van der Waals surface area contributed by atoms with Crippen LogP contribution < -0.4 is 10.6 Å². The van der Waals surface area contributed by atoms with Crippen LogP contribution in [0.4, 0.5) is 17.1 Å². The van der Waals surface area contributed by atoms with Crippen molar-refractivity contribution >= 4 is 34.2 Å². The van der Waals surface area contributed by atoms with E-state index in [4.69, 9.17) is 0 Å². The van der Waals surface area contributed by atoms with Gasteiger partial charge < -0.3 is 20.1 Å². The SMILES string of the molecule is Cn1cnc(-c2ccc(N/C(=C3\C(=O)Nc4ccc([N+](=O)[O-])cc43)c3ccc(CCN4CCCCC4)cc3)cc2)c1. The summed E-state index contributed by atoms with van der Waals surface area (Å²) in [6, 6.07) is 20.5. The fraction of sp³-hybridized carbons (Fsp3) is 0.250. The quantitative estimate of drug-likeness (QED) is 0.160. The number of non-ortho nitro benzene ring substituents is 1. The number of carbonyl (C=O) groups is 1. The van der Waals surface area contributed by atoms with E-state index in [0.29, 0.717) is 22.5 Å². The van der Waals surface area contributed by atoms with E-state index in [-0.39, 0.29) is 11.6 Å². The van der Waals surface area contributed by atoms with E-state index in [0.717, 1.165) is 48.6 Å². The third-order valence-corrected chi connectivity index (χ3v) is 7.77. The zero-order valence-corrected chi connectivity index (χ0v) is 23.0. The molecule has 1 fully saturated rings. The number of benzene rings is 3. The molecule has 0 radical (unpaired) electrons. The number of amides is 1. The van der Waals surface area contributed by atoms with Gasteiger partial charge in [-0.3, -0.25) is 14.9 Å². The number of nitro benzene ring substituents is 1. The number of aromatic nitrogens is 2. The molecule has 0 bridgehead atoms. The molecule has 6 rings (SSSR count). The van der Waals surface area contributed by atoms with Gasteiger partial charge in [-0.25, -0.2) is 4.98 Å². The van der Waals surface area contributed by atoms with Crippen LogP contribution in [0.2, 0.25) is 0 Å². The first kappa shape index (κ1) is 26.5. The minimum absolute atomic E-state index is 0.0649. The maximum absolute atomic E-state index is 13.3. The molecule has 2 aliphatic rings. The van der Waals surface area contributed by atoms with E-state index in [2.05, 4.69) is 32.7 Å². The minimum atomic E-state index is -0.443. The van der Waals surface area contributed by atoms with E-state index in [1.165, 1.54) is 37.0 Å². The zero-order valence-electron chi connectivity index (χ0n) is 23.0. The molecule has 4 aromatic rings. The van der Waals surface area contributed by atoms with E-state index >= 15 is 0 Å². The van der Waals surface area contributed by atoms with E-state index in [1.54, 1.807) is 12.4 Å². The highest BCUT2D eigenvalue weighted by Gasteiger charge is 2.30. The molecule has 1 amide bonds. The first-order chi connectivity index (χ1) is 19.9. The van der Waals surface area contributed by atoms with Gasteiger partial charge in [-0.15, -0.1) is 0 Å². The standard InChI is InChI=1S/C32H32N6O3/c1-36-20-29(33-21-36)23-9-11-25(12-10-23)34-31(30-27-19-26(38(40)41)13-14-28(27)35-32(30)39)24-7-5-22(6-8-24)15-18-37-16-3-2-4-17-37/h5-14,19-21,34H,2-4,15-18H2,1H3,(H,35,39)/b31-30-. The Morgan fingerprint density at radius 2 is 1.78 bits per heavy atom. The predicted molar refractivity (Wildman–Crippen MR) is 161 cm³/mol. The summed E-state index contributed by atoms with van der Waals surface area (Å²) in [4.78, 5) is 31.3. The van der Waals surface area contributed by atoms with Crippen LogP contribution in [0.5, 0.6) is 0 Å². The Morgan fingerprint density at radius 3 is 2.46 bits per heavy atom. The predicted octanol–water partition coefficient (Wildman–Crippen LogP) is 5.96. The first-order valence-corrected chi connectivity index (χ1v) is 14.0. The minimum Gasteiger partial charge on any atom is -0.354 e. The van der Waals surface area contributed by atoms with Gasteiger partial charge >= 0.3 is 0 Å². The molecular weight excluding hydrogens is 516 g/mol. The number of nitrogens with one attached hydrogen (secondary N) is 2. The molecule has 208 valence electrons. The second-order valence-electron chi connectivity index (χ2n) is 10.7. The summed E-state index contributed by atoms with van der Waals surface area (Å²) in [5.41, 5.74) is 6.65. The molecular formula is C32H32N6O3. The normalized spacial score (nSPS) is 16.3. The molecule has 41 heavy (non-hydrogen) atoms. The van der Waals surface area contributed by atoms with Gasteiger partial charge in [0.2, 0.25) is 0 Å². The van der Waals surface area contributed by atoms with Gasteiger partial charge in [0.25, 0.3) is 11.6 Å². The second-order valence-corrected chi connectivity index (χ2v) is 10.7. The molecule has 1 saturated heterocycles. The lowest BCUT2D eigenvalue weighted by Crippen LogP contribution is -2.31. The molecule has 9 nitrogen and oxygen atoms in total. The van der Waals surface area contributed by atoms with Crippen LogP contribution in [0.25, 0.3) is 22.5 Å². The number of likely N-dealkylation sites (tertiary alicyclic amines) is 1. The molecule has 9 heteroatoms. The van der Waals surface area contributed by atoms with Gasteiger partial charge in [0.1, 0.15) is 0 Å². The monoisotopic (exact) mass is 548 g/mol. The van der Waals surface area contributed by atoms with Crippen LogP contribution in [0.1, 0.15) is 36.0 Å². The number of carbonyl (C=O) groups excluding carboxylic acids is 1. The van der Waals surface area contributed by atoms with Crippen molar-refractivity contribution in [2.24, 2.45) is 7.05 Å². The van der Waals surface area contributed by atoms with Crippen molar-refractivity contribution in [3.8, 4) is 11.3 Å². The number of aryl methyl sites for hydroxylation is 1. The lowest BCUT2D eigenvalue weighted by molar-refractivity contribution is -0.384. The molecule has 0 aliphatic carbocycles. The van der Waals surface area contributed by atoms with E-state index in [1.807, 2.05) is 54.2 Å². The summed E-state index contributed by atoms with van der Waals surface area (Å²) in [6.07, 6.45) is 8.54. The van der Waals surface area contributed by atoms with Gasteiger partial charge in [0.05, 0.1) is 28.2 Å². The van der Waals surface area contributed by atoms with Crippen molar-refractivity contribution in [3.63, 3.8) is 0 Å². The number of rotatable bonds is 8. The molecule has 2 N–H and O–H groups in total. The van der Waals surface area contributed by atoms with Crippen LogP contribution in [0, 0.1) is 10.1 Å². The van der Waals surface area contributed by atoms with Crippen LogP contribution >= 0.6 is 0 Å². The Balaban J connectivity index is 1.34. The van der Waals surface area contributed by atoms with E-state index < -0.39 is 4.92 Å². The van der Waals surface area contributed by atoms with Crippen molar-refractivity contribution in [1.29, 1.82) is 0 Å². The molecule has 0 spiro atoms. The van der Waals surface area contributed by atoms with Crippen molar-refractivity contribution in [1.82, 2.24) is 14.5 Å². The molecule has 3 heterocycles. The van der Waals surface area contributed by atoms with E-state index in [9.17, 15) is 14.9 Å². The van der Waals surface area contributed by atoms with Crippen molar-refractivity contribution in [2.75, 3.05) is 30.3 Å². The number of hydrogen-bond acceptors (Lipinski definition) is 6. The summed E-state index contributed by atoms with van der Waals surface area (Å²) >= 11 is 0. The number of nitro groups is 1. The Kier molecular flexibility index (Phi) is 7.35. The number of imidazole rings is 1. The van der Waals surface area contributed by atoms with Crippen LogP contribution in [-0.4, -0.2) is 44.9 Å². The summed E-state index contributed by atoms with van der Waals surface area (Å²) in [5.74, 6) is -0.303. The number of piperidine rings is 1. The van der Waals surface area contributed by atoms with Crippen LogP contribution in [0.3, 0.4) is 0 Å². The van der Waals surface area contributed by atoms with Gasteiger partial charge in [-0.05, 0) is 61.7 Å². The molecule has 2 aliphatic heterocycles. The lowest BCUT2D eigenvalue weighted by Gasteiger charge is -2.26. The molecule has 0 atom stereocenters. The second kappa shape index (κ2) is 11.4. The Hall–Kier alpha value is -4.76. The largest absolute Gasteiger partial charge is 0.354 e. The number of anilines is 2. The summed E-state index contributed by atoms with van der Waals surface area (Å²) in [7, 11) is 1.93. The highest BCUT2D eigenvalue weighted by Crippen LogP contribution is 2.39. The fourth-order valence-corrected chi connectivity index (χ4v) is 5.53. The number of nitrogens with zero attached hydrogens (tertiary/aromatic N) is 4. The van der Waals surface area contributed by atoms with Gasteiger partial charge in [0.15, 0.2) is 0 Å². The fourth-order valence-electron chi connectivity index (χ4n) is 5.53. The first-order valence-electron chi connectivity index (χ1n) is 14.0. The highest BCUT2D eigenvalue weighted by atomic mass is 16.6. The molecule has 3 aromatic carbocycles. The van der Waals surface area contributed by atoms with Crippen molar-refractivity contribution in [3.05, 3.63) is 106 Å². The maximum Gasteiger partial charge on any atom is 0.270 e. The summed E-state index contributed by atoms with van der Waals surface area (Å²) < 4.78 is 1.90. The molecule has 0 unspecified atom stereocenters. The maximum atomic E-state index is 13.3. The number of fused-ring (bicyclic) bond motifs is 1. The molecule has 0 saturated carbocycles. The average Bonchev–Trinajstić information content (AvgIpc) is 3.57. The Morgan fingerprint density at radius 1 is 1.02 bits per heavy atom. The Bertz CT molecular complexity index is 1620. The van der Waals surface area contributed by atoms with Gasteiger partial charge in [-0.2, -0.15) is 0 Å². The molecule has 1 aromatic heterocycles. The summed E-state index contributed by atoms with van der Waals surface area (Å²) in [5, 5.41) is 17.9.